The number of rotatable bonds is 6. The van der Waals surface area contributed by atoms with Gasteiger partial charge in [-0.1, -0.05) is 13.8 Å². The van der Waals surface area contributed by atoms with E-state index >= 15 is 0 Å². The van der Waals surface area contributed by atoms with E-state index in [0.717, 1.165) is 27.9 Å². The molecule has 1 aliphatic rings. The number of fused-ring (bicyclic) bond motifs is 2. The van der Waals surface area contributed by atoms with Crippen molar-refractivity contribution in [2.24, 2.45) is 0 Å². The number of aromatic amines is 1. The van der Waals surface area contributed by atoms with Gasteiger partial charge in [0, 0.05) is 54.8 Å². The minimum absolute atomic E-state index is 0. The first-order chi connectivity index (χ1) is 14.6. The maximum absolute atomic E-state index is 12.4. The van der Waals surface area contributed by atoms with E-state index in [4.69, 9.17) is 4.98 Å². The molecule has 1 N–H and O–H groups in total. The Balaban J connectivity index is 0.000000883. The van der Waals surface area contributed by atoms with Crippen LogP contribution in [0.3, 0.4) is 0 Å². The van der Waals surface area contributed by atoms with Crippen molar-refractivity contribution < 1.29 is 15.0 Å². The van der Waals surface area contributed by atoms with Gasteiger partial charge in [0.1, 0.15) is 17.0 Å². The number of H-pyrrole nitrogens is 1. The van der Waals surface area contributed by atoms with E-state index in [1.165, 1.54) is 19.0 Å². The van der Waals surface area contributed by atoms with Gasteiger partial charge in [0.2, 0.25) is 6.43 Å². The average Bonchev–Trinajstić information content (AvgIpc) is 3.40. The maximum Gasteiger partial charge on any atom is 0.239 e. The maximum atomic E-state index is 12.4. The van der Waals surface area contributed by atoms with E-state index in [1.807, 2.05) is 38.4 Å². The molecule has 0 saturated heterocycles. The normalized spacial score (nSPS) is 13.6. The number of hydrogen-bond acceptors (Lipinski definition) is 3. The number of Topliss-reactive ketones (excluding diaryl/α,β-unsaturated/α-hetero) is 1. The molecule has 0 unspecified atom stereocenters. The molecule has 4 heterocycles. The second-order valence-corrected chi connectivity index (χ2v) is 7.25. The third-order valence-corrected chi connectivity index (χ3v) is 5.25. The van der Waals surface area contributed by atoms with Crippen molar-refractivity contribution in [3.05, 3.63) is 54.2 Å². The van der Waals surface area contributed by atoms with Gasteiger partial charge in [-0.2, -0.15) is 0 Å². The van der Waals surface area contributed by atoms with Crippen LogP contribution >= 0.6 is 0 Å². The van der Waals surface area contributed by atoms with Gasteiger partial charge in [0.15, 0.2) is 5.78 Å². The predicted octanol–water partition coefficient (Wildman–Crippen LogP) is 6.26. The number of aromatic nitrogens is 4. The van der Waals surface area contributed by atoms with Gasteiger partial charge in [-0.3, -0.25) is 9.20 Å². The minimum Gasteiger partial charge on any atom is -0.346 e. The fourth-order valence-corrected chi connectivity index (χ4v) is 3.58. The van der Waals surface area contributed by atoms with Crippen LogP contribution in [0.4, 0.5) is 8.78 Å². The van der Waals surface area contributed by atoms with Crippen molar-refractivity contribution in [3.63, 3.8) is 0 Å². The van der Waals surface area contributed by atoms with E-state index in [-0.39, 0.29) is 13.6 Å². The number of hydrogen-bond donors (Lipinski definition) is 1. The minimum atomic E-state index is -2.49. The van der Waals surface area contributed by atoms with Crippen LogP contribution in [-0.4, -0.2) is 31.6 Å². The summed E-state index contributed by atoms with van der Waals surface area (Å²) < 4.78 is 26.6. The number of halogens is 2. The largest absolute Gasteiger partial charge is 0.346 e. The van der Waals surface area contributed by atoms with Crippen LogP contribution in [-0.2, 0) is 0 Å². The lowest BCUT2D eigenvalue weighted by atomic mass is 10.1. The molecule has 0 atom stereocenters. The molecule has 0 spiro atoms. The molecule has 4 aromatic heterocycles. The summed E-state index contributed by atoms with van der Waals surface area (Å²) in [6.07, 6.45) is 4.46. The molecule has 0 aliphatic heterocycles. The highest BCUT2D eigenvalue weighted by Crippen LogP contribution is 2.40. The van der Waals surface area contributed by atoms with Crippen molar-refractivity contribution in [2.45, 2.75) is 51.9 Å². The molecule has 1 aliphatic carbocycles. The highest BCUT2D eigenvalue weighted by Gasteiger charge is 2.25. The number of alkyl halides is 2. The third-order valence-electron chi connectivity index (χ3n) is 5.25. The summed E-state index contributed by atoms with van der Waals surface area (Å²) in [5, 5.41) is 1.01. The summed E-state index contributed by atoms with van der Waals surface area (Å²) in [4.78, 5) is 24.5. The first kappa shape index (κ1) is 20.2. The van der Waals surface area contributed by atoms with Crippen LogP contribution in [0.15, 0.2) is 42.9 Å². The molecule has 1 saturated carbocycles. The standard InChI is InChI=1S/C21H18F2N4O.C2H6.H2/c22-19(23)7-6-18(28)17-10-24-20-8-3-13(11-27(17)20)15-9-25-21-14(15)4-5-16(26-21)12-1-2-12;1-2;/h3-5,8-12,19H,1-2,6-7H2,(H,25,26);1-2H3;1H. The first-order valence-corrected chi connectivity index (χ1v) is 10.4. The Hall–Kier alpha value is -3.09. The van der Waals surface area contributed by atoms with E-state index < -0.39 is 12.8 Å². The van der Waals surface area contributed by atoms with Crippen molar-refractivity contribution in [2.75, 3.05) is 0 Å². The van der Waals surface area contributed by atoms with Crippen LogP contribution in [0.25, 0.3) is 27.8 Å². The van der Waals surface area contributed by atoms with Gasteiger partial charge >= 0.3 is 0 Å². The summed E-state index contributed by atoms with van der Waals surface area (Å²) in [5.74, 6) is 0.250. The Labute approximate surface area is 174 Å². The highest BCUT2D eigenvalue weighted by atomic mass is 19.3. The average molecular weight is 412 g/mol. The molecule has 1 fully saturated rings. The fraction of sp³-hybridized carbons (Fsp3) is 0.348. The second kappa shape index (κ2) is 8.34. The Morgan fingerprint density at radius 1 is 1.27 bits per heavy atom. The van der Waals surface area contributed by atoms with Crippen LogP contribution in [0.2, 0.25) is 0 Å². The number of carbonyl (C=O) groups is 1. The number of carbonyl (C=O) groups excluding carboxylic acids is 1. The zero-order chi connectivity index (χ0) is 21.3. The quantitative estimate of drug-likeness (QED) is 0.380. The molecule has 30 heavy (non-hydrogen) atoms. The number of nitrogens with one attached hydrogen (secondary N) is 1. The SMILES string of the molecule is CC.O=C(CCC(F)F)c1cnc2ccc(-c3c[nH]c4nc(C5CC5)ccc34)cn12.[HH]. The van der Waals surface area contributed by atoms with Gasteiger partial charge in [0.05, 0.1) is 6.20 Å². The molecule has 0 radical (unpaired) electrons. The summed E-state index contributed by atoms with van der Waals surface area (Å²) >= 11 is 0. The van der Waals surface area contributed by atoms with E-state index in [0.29, 0.717) is 17.3 Å². The zero-order valence-electron chi connectivity index (χ0n) is 17.0. The Kier molecular flexibility index (Phi) is 5.61. The van der Waals surface area contributed by atoms with Gasteiger partial charge in [-0.05, 0) is 37.1 Å². The lowest BCUT2D eigenvalue weighted by molar-refractivity contribution is 0.0904. The van der Waals surface area contributed by atoms with Crippen molar-refractivity contribution in [1.82, 2.24) is 19.4 Å². The molecule has 0 bridgehead atoms. The lowest BCUT2D eigenvalue weighted by Gasteiger charge is -2.05. The Morgan fingerprint density at radius 2 is 2.07 bits per heavy atom. The number of ketones is 1. The van der Waals surface area contributed by atoms with Crippen molar-refractivity contribution in [1.29, 1.82) is 0 Å². The molecule has 5 nitrogen and oxygen atoms in total. The summed E-state index contributed by atoms with van der Waals surface area (Å²) in [5.41, 5.74) is 4.79. The highest BCUT2D eigenvalue weighted by molar-refractivity contribution is 5.96. The third kappa shape index (κ3) is 3.84. The number of imidazole rings is 1. The topological polar surface area (TPSA) is 63.0 Å². The van der Waals surface area contributed by atoms with E-state index in [2.05, 4.69) is 22.1 Å². The molecular weight excluding hydrogens is 386 g/mol. The van der Waals surface area contributed by atoms with Crippen molar-refractivity contribution >= 4 is 22.5 Å². The first-order valence-electron chi connectivity index (χ1n) is 10.4. The van der Waals surface area contributed by atoms with Gasteiger partial charge in [0.25, 0.3) is 0 Å². The molecule has 4 aromatic rings. The molecule has 158 valence electrons. The second-order valence-electron chi connectivity index (χ2n) is 7.25. The summed E-state index contributed by atoms with van der Waals surface area (Å²) in [6, 6.07) is 7.91. The zero-order valence-corrected chi connectivity index (χ0v) is 17.0. The smallest absolute Gasteiger partial charge is 0.239 e. The van der Waals surface area contributed by atoms with Gasteiger partial charge < -0.3 is 4.98 Å². The van der Waals surface area contributed by atoms with Gasteiger partial charge in [-0.25, -0.2) is 18.7 Å². The summed E-state index contributed by atoms with van der Waals surface area (Å²) in [7, 11) is 0. The van der Waals surface area contributed by atoms with E-state index in [9.17, 15) is 13.6 Å². The monoisotopic (exact) mass is 412 g/mol. The van der Waals surface area contributed by atoms with Crippen molar-refractivity contribution in [3.8, 4) is 11.1 Å². The number of pyridine rings is 2. The fourth-order valence-electron chi connectivity index (χ4n) is 3.58. The molecular formula is C23H26F2N4O. The predicted molar refractivity (Wildman–Crippen MR) is 115 cm³/mol. The molecule has 0 amide bonds. The Morgan fingerprint density at radius 3 is 2.80 bits per heavy atom. The Bertz CT molecular complexity index is 1200. The molecule has 0 aromatic carbocycles. The van der Waals surface area contributed by atoms with Crippen LogP contribution in [0.5, 0.6) is 0 Å². The lowest BCUT2D eigenvalue weighted by Crippen LogP contribution is -2.05. The van der Waals surface area contributed by atoms with Crippen LogP contribution in [0.1, 0.15) is 63.1 Å². The van der Waals surface area contributed by atoms with Gasteiger partial charge in [-0.15, -0.1) is 0 Å². The van der Waals surface area contributed by atoms with Crippen LogP contribution < -0.4 is 0 Å². The van der Waals surface area contributed by atoms with E-state index in [1.54, 1.807) is 4.40 Å². The molecule has 5 rings (SSSR count). The number of nitrogens with zero attached hydrogens (tertiary/aromatic N) is 3. The van der Waals surface area contributed by atoms with Crippen LogP contribution in [0, 0.1) is 0 Å². The summed E-state index contributed by atoms with van der Waals surface area (Å²) in [6.45, 7) is 4.00. The molecule has 7 heteroatoms.